The standard InChI is InChI=1S/C18H25NO/c1-3-16-18(14-10-6-7-11-17(14)20-16)15(19-2)12-13-8-4-5-9-13/h6-7,10-11,13,15,19H,3-5,8-9,12H2,1-2H3. The van der Waals surface area contributed by atoms with Crippen molar-refractivity contribution in [2.75, 3.05) is 7.05 Å². The van der Waals surface area contributed by atoms with Crippen molar-refractivity contribution in [3.63, 3.8) is 0 Å². The van der Waals surface area contributed by atoms with E-state index in [0.717, 1.165) is 23.7 Å². The smallest absolute Gasteiger partial charge is 0.134 e. The predicted octanol–water partition coefficient (Wildman–Crippen LogP) is 4.84. The molecule has 0 amide bonds. The van der Waals surface area contributed by atoms with Crippen LogP contribution in [0.15, 0.2) is 28.7 Å². The Morgan fingerprint density at radius 2 is 2.00 bits per heavy atom. The summed E-state index contributed by atoms with van der Waals surface area (Å²) in [6.07, 6.45) is 7.83. The number of rotatable bonds is 5. The summed E-state index contributed by atoms with van der Waals surface area (Å²) < 4.78 is 6.06. The molecule has 1 N–H and O–H groups in total. The van der Waals surface area contributed by atoms with Crippen molar-refractivity contribution in [1.82, 2.24) is 5.32 Å². The van der Waals surface area contributed by atoms with E-state index in [2.05, 4.69) is 43.6 Å². The number of aryl methyl sites for hydroxylation is 1. The Bertz CT molecular complexity index is 566. The van der Waals surface area contributed by atoms with E-state index in [9.17, 15) is 0 Å². The SMILES string of the molecule is CCc1oc2ccccc2c1C(CC1CCCC1)NC. The molecule has 0 saturated heterocycles. The van der Waals surface area contributed by atoms with E-state index < -0.39 is 0 Å². The molecule has 1 aromatic carbocycles. The maximum absolute atomic E-state index is 6.06. The van der Waals surface area contributed by atoms with Gasteiger partial charge in [-0.05, 0) is 25.5 Å². The lowest BCUT2D eigenvalue weighted by Gasteiger charge is -2.20. The van der Waals surface area contributed by atoms with Crippen molar-refractivity contribution in [3.8, 4) is 0 Å². The number of fused-ring (bicyclic) bond motifs is 1. The first-order valence-corrected chi connectivity index (χ1v) is 8.01. The van der Waals surface area contributed by atoms with Gasteiger partial charge in [-0.2, -0.15) is 0 Å². The summed E-state index contributed by atoms with van der Waals surface area (Å²) in [5.41, 5.74) is 2.43. The third kappa shape index (κ3) is 2.49. The number of hydrogen-bond donors (Lipinski definition) is 1. The highest BCUT2D eigenvalue weighted by atomic mass is 16.3. The number of furan rings is 1. The summed E-state index contributed by atoms with van der Waals surface area (Å²) in [6, 6.07) is 8.88. The van der Waals surface area contributed by atoms with Gasteiger partial charge in [-0.25, -0.2) is 0 Å². The van der Waals surface area contributed by atoms with E-state index in [4.69, 9.17) is 4.42 Å². The molecule has 108 valence electrons. The molecule has 1 aromatic heterocycles. The van der Waals surface area contributed by atoms with Crippen LogP contribution in [0, 0.1) is 5.92 Å². The summed E-state index contributed by atoms with van der Waals surface area (Å²) in [4.78, 5) is 0. The molecule has 0 bridgehead atoms. The van der Waals surface area contributed by atoms with Crippen molar-refractivity contribution in [3.05, 3.63) is 35.6 Å². The normalized spacial score (nSPS) is 17.9. The van der Waals surface area contributed by atoms with E-state index in [0.29, 0.717) is 6.04 Å². The van der Waals surface area contributed by atoms with Crippen molar-refractivity contribution in [2.24, 2.45) is 5.92 Å². The molecule has 1 unspecified atom stereocenters. The monoisotopic (exact) mass is 271 g/mol. The van der Waals surface area contributed by atoms with E-state index in [1.165, 1.54) is 43.1 Å². The molecule has 2 heteroatoms. The number of hydrogen-bond acceptors (Lipinski definition) is 2. The third-order valence-corrected chi connectivity index (χ3v) is 4.77. The van der Waals surface area contributed by atoms with Crippen LogP contribution >= 0.6 is 0 Å². The number of para-hydroxylation sites is 1. The van der Waals surface area contributed by atoms with Crippen LogP contribution in [-0.2, 0) is 6.42 Å². The highest BCUT2D eigenvalue weighted by molar-refractivity contribution is 5.82. The van der Waals surface area contributed by atoms with Crippen LogP contribution in [0.1, 0.15) is 56.4 Å². The van der Waals surface area contributed by atoms with Crippen LogP contribution in [0.2, 0.25) is 0 Å². The number of nitrogens with one attached hydrogen (secondary N) is 1. The zero-order chi connectivity index (χ0) is 13.9. The molecule has 2 nitrogen and oxygen atoms in total. The molecule has 0 radical (unpaired) electrons. The molecule has 1 atom stereocenters. The second-order valence-electron chi connectivity index (χ2n) is 6.02. The molecule has 3 rings (SSSR count). The second kappa shape index (κ2) is 6.01. The van der Waals surface area contributed by atoms with Crippen LogP contribution in [0.4, 0.5) is 0 Å². The molecule has 1 fully saturated rings. The Morgan fingerprint density at radius 3 is 2.70 bits per heavy atom. The first-order valence-electron chi connectivity index (χ1n) is 8.01. The first kappa shape index (κ1) is 13.7. The third-order valence-electron chi connectivity index (χ3n) is 4.77. The van der Waals surface area contributed by atoms with Crippen molar-refractivity contribution in [2.45, 2.75) is 51.5 Å². The van der Waals surface area contributed by atoms with E-state index in [1.54, 1.807) is 0 Å². The molecular weight excluding hydrogens is 246 g/mol. The molecular formula is C18H25NO. The van der Waals surface area contributed by atoms with Gasteiger partial charge in [-0.15, -0.1) is 0 Å². The van der Waals surface area contributed by atoms with Gasteiger partial charge < -0.3 is 9.73 Å². The van der Waals surface area contributed by atoms with Crippen LogP contribution < -0.4 is 5.32 Å². The fourth-order valence-corrected chi connectivity index (χ4v) is 3.72. The van der Waals surface area contributed by atoms with Gasteiger partial charge in [-0.3, -0.25) is 0 Å². The lowest BCUT2D eigenvalue weighted by atomic mass is 9.91. The summed E-state index contributed by atoms with van der Waals surface area (Å²) in [5.74, 6) is 2.04. The van der Waals surface area contributed by atoms with Crippen LogP contribution in [0.3, 0.4) is 0 Å². The van der Waals surface area contributed by atoms with Crippen molar-refractivity contribution >= 4 is 11.0 Å². The maximum Gasteiger partial charge on any atom is 0.134 e. The first-order chi connectivity index (χ1) is 9.83. The topological polar surface area (TPSA) is 25.2 Å². The van der Waals surface area contributed by atoms with Crippen LogP contribution in [0.5, 0.6) is 0 Å². The van der Waals surface area contributed by atoms with Gasteiger partial charge in [0, 0.05) is 23.4 Å². The maximum atomic E-state index is 6.06. The Morgan fingerprint density at radius 1 is 1.25 bits per heavy atom. The minimum absolute atomic E-state index is 0.427. The predicted molar refractivity (Wildman–Crippen MR) is 84.0 cm³/mol. The molecule has 1 aliphatic carbocycles. The Balaban J connectivity index is 1.96. The zero-order valence-corrected chi connectivity index (χ0v) is 12.6. The Kier molecular flexibility index (Phi) is 4.11. The van der Waals surface area contributed by atoms with Gasteiger partial charge in [0.25, 0.3) is 0 Å². The average Bonchev–Trinajstić information content (AvgIpc) is 3.11. The Hall–Kier alpha value is -1.28. The van der Waals surface area contributed by atoms with Crippen LogP contribution in [0.25, 0.3) is 11.0 Å². The molecule has 1 aliphatic rings. The average molecular weight is 271 g/mol. The summed E-state index contributed by atoms with van der Waals surface area (Å²) in [5, 5.41) is 4.83. The molecule has 2 aromatic rings. The largest absolute Gasteiger partial charge is 0.461 e. The fraction of sp³-hybridized carbons (Fsp3) is 0.556. The second-order valence-corrected chi connectivity index (χ2v) is 6.02. The van der Waals surface area contributed by atoms with Gasteiger partial charge in [0.1, 0.15) is 11.3 Å². The highest BCUT2D eigenvalue weighted by Gasteiger charge is 2.25. The minimum atomic E-state index is 0.427. The summed E-state index contributed by atoms with van der Waals surface area (Å²) in [7, 11) is 2.08. The molecule has 0 spiro atoms. The van der Waals surface area contributed by atoms with E-state index in [1.807, 2.05) is 0 Å². The summed E-state index contributed by atoms with van der Waals surface area (Å²) in [6.45, 7) is 2.18. The molecule has 1 saturated carbocycles. The van der Waals surface area contributed by atoms with E-state index >= 15 is 0 Å². The highest BCUT2D eigenvalue weighted by Crippen LogP contribution is 2.38. The van der Waals surface area contributed by atoms with Crippen LogP contribution in [-0.4, -0.2) is 7.05 Å². The van der Waals surface area contributed by atoms with Crippen molar-refractivity contribution < 1.29 is 4.42 Å². The molecule has 20 heavy (non-hydrogen) atoms. The number of benzene rings is 1. The van der Waals surface area contributed by atoms with Gasteiger partial charge in [0.05, 0.1) is 0 Å². The molecule has 1 heterocycles. The lowest BCUT2D eigenvalue weighted by Crippen LogP contribution is -2.20. The van der Waals surface area contributed by atoms with Gasteiger partial charge >= 0.3 is 0 Å². The van der Waals surface area contributed by atoms with E-state index in [-0.39, 0.29) is 0 Å². The summed E-state index contributed by atoms with van der Waals surface area (Å²) >= 11 is 0. The minimum Gasteiger partial charge on any atom is -0.461 e. The van der Waals surface area contributed by atoms with Gasteiger partial charge in [0.2, 0.25) is 0 Å². The lowest BCUT2D eigenvalue weighted by molar-refractivity contribution is 0.407. The Labute approximate surface area is 121 Å². The molecule has 0 aliphatic heterocycles. The quantitative estimate of drug-likeness (QED) is 0.842. The zero-order valence-electron chi connectivity index (χ0n) is 12.6. The van der Waals surface area contributed by atoms with Gasteiger partial charge in [-0.1, -0.05) is 50.8 Å². The van der Waals surface area contributed by atoms with Gasteiger partial charge in [0.15, 0.2) is 0 Å². The fourth-order valence-electron chi connectivity index (χ4n) is 3.72. The van der Waals surface area contributed by atoms with Crippen molar-refractivity contribution in [1.29, 1.82) is 0 Å².